The molecule has 0 radical (unpaired) electrons. The topological polar surface area (TPSA) is 84.9 Å². The van der Waals surface area contributed by atoms with Gasteiger partial charge >= 0.3 is 0 Å². The number of nitrogens with one attached hydrogen (secondary N) is 1. The van der Waals surface area contributed by atoms with Crippen molar-refractivity contribution in [1.29, 1.82) is 0 Å². The normalized spacial score (nSPS) is 14.3. The first-order valence-electron chi connectivity index (χ1n) is 8.92. The van der Waals surface area contributed by atoms with Crippen molar-refractivity contribution in [2.75, 3.05) is 30.8 Å². The quantitative estimate of drug-likeness (QED) is 0.828. The summed E-state index contributed by atoms with van der Waals surface area (Å²) in [5.41, 5.74) is 2.39. The maximum absolute atomic E-state index is 12.8. The van der Waals surface area contributed by atoms with Crippen LogP contribution in [0.2, 0.25) is 0 Å². The van der Waals surface area contributed by atoms with Crippen LogP contribution in [0.4, 0.5) is 5.69 Å². The standard InChI is InChI=1S/C20H24N2O5S/c1-13-16(6-5-7-17(13)22(3)28(4,24)25)20(23)21-14(2)15-8-9-18-19(12-15)27-11-10-26-18/h5-9,12,14H,10-11H2,1-4H3,(H,21,23)/t14-/m1/s1. The predicted molar refractivity (Wildman–Crippen MR) is 108 cm³/mol. The summed E-state index contributed by atoms with van der Waals surface area (Å²) in [7, 11) is -1.95. The van der Waals surface area contributed by atoms with E-state index in [4.69, 9.17) is 9.47 Å². The molecular formula is C20H24N2O5S. The molecule has 8 heteroatoms. The molecule has 1 N–H and O–H groups in total. The highest BCUT2D eigenvalue weighted by molar-refractivity contribution is 7.92. The molecule has 0 unspecified atom stereocenters. The minimum atomic E-state index is -3.42. The van der Waals surface area contributed by atoms with Gasteiger partial charge in [-0.3, -0.25) is 9.10 Å². The molecular weight excluding hydrogens is 380 g/mol. The molecule has 2 aromatic carbocycles. The highest BCUT2D eigenvalue weighted by Gasteiger charge is 2.20. The molecule has 0 fully saturated rings. The van der Waals surface area contributed by atoms with Crippen LogP contribution in [0.1, 0.15) is 34.5 Å². The molecule has 150 valence electrons. The highest BCUT2D eigenvalue weighted by Crippen LogP contribution is 2.33. The highest BCUT2D eigenvalue weighted by atomic mass is 32.2. The summed E-state index contributed by atoms with van der Waals surface area (Å²) >= 11 is 0. The summed E-state index contributed by atoms with van der Waals surface area (Å²) < 4.78 is 36.0. The number of carbonyl (C=O) groups is 1. The molecule has 0 aliphatic carbocycles. The van der Waals surface area contributed by atoms with Crippen LogP contribution < -0.4 is 19.1 Å². The minimum Gasteiger partial charge on any atom is -0.486 e. The average molecular weight is 404 g/mol. The molecule has 28 heavy (non-hydrogen) atoms. The van der Waals surface area contributed by atoms with E-state index in [0.29, 0.717) is 41.5 Å². The summed E-state index contributed by atoms with van der Waals surface area (Å²) in [5, 5.41) is 2.96. The first-order valence-corrected chi connectivity index (χ1v) is 10.8. The minimum absolute atomic E-state index is 0.265. The van der Waals surface area contributed by atoms with Crippen LogP contribution in [0.3, 0.4) is 0 Å². The van der Waals surface area contributed by atoms with Crippen molar-refractivity contribution in [2.24, 2.45) is 0 Å². The van der Waals surface area contributed by atoms with Gasteiger partial charge in [-0.05, 0) is 49.2 Å². The van der Waals surface area contributed by atoms with E-state index < -0.39 is 10.0 Å². The number of hydrogen-bond donors (Lipinski definition) is 1. The van der Waals surface area contributed by atoms with Gasteiger partial charge in [0.05, 0.1) is 18.0 Å². The molecule has 1 amide bonds. The molecule has 2 aromatic rings. The number of fused-ring (bicyclic) bond motifs is 1. The summed E-state index contributed by atoms with van der Waals surface area (Å²) in [4.78, 5) is 12.8. The number of sulfonamides is 1. The fourth-order valence-corrected chi connectivity index (χ4v) is 3.63. The van der Waals surface area contributed by atoms with Gasteiger partial charge in [0.25, 0.3) is 5.91 Å². The lowest BCUT2D eigenvalue weighted by molar-refractivity contribution is 0.0939. The van der Waals surface area contributed by atoms with Crippen LogP contribution in [0.25, 0.3) is 0 Å². The first kappa shape index (κ1) is 20.0. The summed E-state index contributed by atoms with van der Waals surface area (Å²) in [6, 6.07) is 10.4. The predicted octanol–water partition coefficient (Wildman–Crippen LogP) is 2.65. The second-order valence-corrected chi connectivity index (χ2v) is 8.79. The fraction of sp³-hybridized carbons (Fsp3) is 0.350. The zero-order valence-corrected chi connectivity index (χ0v) is 17.2. The van der Waals surface area contributed by atoms with Gasteiger partial charge in [-0.15, -0.1) is 0 Å². The number of carbonyl (C=O) groups excluding carboxylic acids is 1. The summed E-state index contributed by atoms with van der Waals surface area (Å²) in [5.74, 6) is 1.09. The average Bonchev–Trinajstić information content (AvgIpc) is 2.66. The molecule has 0 saturated carbocycles. The van der Waals surface area contributed by atoms with Gasteiger partial charge in [0.15, 0.2) is 11.5 Å². The van der Waals surface area contributed by atoms with Gasteiger partial charge < -0.3 is 14.8 Å². The number of benzene rings is 2. The summed E-state index contributed by atoms with van der Waals surface area (Å²) in [6.07, 6.45) is 1.13. The number of anilines is 1. The Bertz CT molecular complexity index is 1000. The first-order chi connectivity index (χ1) is 13.2. The Morgan fingerprint density at radius 2 is 1.82 bits per heavy atom. The molecule has 7 nitrogen and oxygen atoms in total. The van der Waals surface area contributed by atoms with Crippen molar-refractivity contribution < 1.29 is 22.7 Å². The third kappa shape index (κ3) is 4.06. The smallest absolute Gasteiger partial charge is 0.252 e. The van der Waals surface area contributed by atoms with Crippen molar-refractivity contribution >= 4 is 21.6 Å². The lowest BCUT2D eigenvalue weighted by atomic mass is 10.0. The van der Waals surface area contributed by atoms with Gasteiger partial charge in [0.1, 0.15) is 13.2 Å². The molecule has 0 saturated heterocycles. The molecule has 1 aliphatic rings. The van der Waals surface area contributed by atoms with Crippen LogP contribution in [-0.4, -0.2) is 40.8 Å². The van der Waals surface area contributed by atoms with Gasteiger partial charge in [-0.2, -0.15) is 0 Å². The van der Waals surface area contributed by atoms with E-state index in [-0.39, 0.29) is 11.9 Å². The third-order valence-electron chi connectivity index (χ3n) is 4.80. The number of rotatable bonds is 5. The van der Waals surface area contributed by atoms with Gasteiger partial charge in [-0.25, -0.2) is 8.42 Å². The van der Waals surface area contributed by atoms with E-state index >= 15 is 0 Å². The fourth-order valence-electron chi connectivity index (χ4n) is 3.08. The van der Waals surface area contributed by atoms with E-state index in [9.17, 15) is 13.2 Å². The SMILES string of the molecule is Cc1c(C(=O)N[C@H](C)c2ccc3c(c2)OCCO3)cccc1N(C)S(C)(=O)=O. The zero-order chi connectivity index (χ0) is 20.5. The van der Waals surface area contributed by atoms with E-state index in [0.717, 1.165) is 11.8 Å². The van der Waals surface area contributed by atoms with Crippen molar-refractivity contribution in [2.45, 2.75) is 19.9 Å². The van der Waals surface area contributed by atoms with Crippen LogP contribution in [0.15, 0.2) is 36.4 Å². The molecule has 1 aliphatic heterocycles. The maximum atomic E-state index is 12.8. The number of amides is 1. The molecule has 0 aromatic heterocycles. The van der Waals surface area contributed by atoms with Crippen molar-refractivity contribution in [1.82, 2.24) is 5.32 Å². The summed E-state index contributed by atoms with van der Waals surface area (Å²) in [6.45, 7) is 4.64. The van der Waals surface area contributed by atoms with E-state index in [2.05, 4.69) is 5.32 Å². The zero-order valence-electron chi connectivity index (χ0n) is 16.4. The molecule has 0 spiro atoms. The van der Waals surface area contributed by atoms with Crippen LogP contribution in [-0.2, 0) is 10.0 Å². The Kier molecular flexibility index (Phi) is 5.51. The maximum Gasteiger partial charge on any atom is 0.252 e. The Labute approximate surface area is 165 Å². The molecule has 1 atom stereocenters. The largest absolute Gasteiger partial charge is 0.486 e. The number of ether oxygens (including phenoxy) is 2. The second-order valence-electron chi connectivity index (χ2n) is 6.78. The van der Waals surface area contributed by atoms with E-state index in [1.807, 2.05) is 25.1 Å². The van der Waals surface area contributed by atoms with Crippen LogP contribution in [0, 0.1) is 6.92 Å². The lowest BCUT2D eigenvalue weighted by Crippen LogP contribution is -2.29. The van der Waals surface area contributed by atoms with Gasteiger partial charge in [-0.1, -0.05) is 12.1 Å². The molecule has 0 bridgehead atoms. The van der Waals surface area contributed by atoms with Gasteiger partial charge in [0.2, 0.25) is 10.0 Å². The van der Waals surface area contributed by atoms with E-state index in [1.54, 1.807) is 25.1 Å². The number of hydrogen-bond acceptors (Lipinski definition) is 5. The Hall–Kier alpha value is -2.74. The van der Waals surface area contributed by atoms with Gasteiger partial charge in [0, 0.05) is 12.6 Å². The van der Waals surface area contributed by atoms with Crippen molar-refractivity contribution in [3.05, 3.63) is 53.1 Å². The molecule has 3 rings (SSSR count). The van der Waals surface area contributed by atoms with Crippen LogP contribution in [0.5, 0.6) is 11.5 Å². The second kappa shape index (κ2) is 7.71. The van der Waals surface area contributed by atoms with Crippen molar-refractivity contribution in [3.8, 4) is 11.5 Å². The van der Waals surface area contributed by atoms with E-state index in [1.165, 1.54) is 11.4 Å². The molecule has 1 heterocycles. The monoisotopic (exact) mass is 404 g/mol. The van der Waals surface area contributed by atoms with Crippen LogP contribution >= 0.6 is 0 Å². The third-order valence-corrected chi connectivity index (χ3v) is 5.99. The lowest BCUT2D eigenvalue weighted by Gasteiger charge is -2.22. The Balaban J connectivity index is 1.81. The van der Waals surface area contributed by atoms with Crippen molar-refractivity contribution in [3.63, 3.8) is 0 Å². The number of nitrogens with zero attached hydrogens (tertiary/aromatic N) is 1. The Morgan fingerprint density at radius 1 is 1.14 bits per heavy atom. The Morgan fingerprint density at radius 3 is 2.50 bits per heavy atom.